The molecule has 22 heavy (non-hydrogen) atoms. The minimum absolute atomic E-state index is 0.0684. The smallest absolute Gasteiger partial charge is 0.282 e. The lowest BCUT2D eigenvalue weighted by molar-refractivity contribution is -0.709. The SMILES string of the molecule is C[C@H]([NH2+][C@@H](C)c1ccccc1Cl)C(=O)Nc1cccc(Cl)c1. The fourth-order valence-corrected chi connectivity index (χ4v) is 2.79. The van der Waals surface area contributed by atoms with Gasteiger partial charge in [0.25, 0.3) is 5.91 Å². The number of carbonyl (C=O) groups excluding carboxylic acids is 1. The summed E-state index contributed by atoms with van der Waals surface area (Å²) in [6.07, 6.45) is 0. The normalized spacial score (nSPS) is 13.5. The standard InChI is InChI=1S/C17H18Cl2N2O/c1-11(15-8-3-4-9-16(15)19)20-12(2)17(22)21-14-7-5-6-13(18)10-14/h3-12,20H,1-2H3,(H,21,22)/p+1/t11-,12-/m0/s1. The molecule has 2 atom stereocenters. The van der Waals surface area contributed by atoms with E-state index in [1.165, 1.54) is 0 Å². The van der Waals surface area contributed by atoms with Crippen LogP contribution in [-0.4, -0.2) is 11.9 Å². The molecule has 3 nitrogen and oxygen atoms in total. The molecule has 116 valence electrons. The maximum atomic E-state index is 12.3. The van der Waals surface area contributed by atoms with Crippen LogP contribution in [0.5, 0.6) is 0 Å². The van der Waals surface area contributed by atoms with Gasteiger partial charge in [-0.3, -0.25) is 4.79 Å². The van der Waals surface area contributed by atoms with E-state index in [0.29, 0.717) is 15.7 Å². The van der Waals surface area contributed by atoms with Crippen molar-refractivity contribution in [3.63, 3.8) is 0 Å². The van der Waals surface area contributed by atoms with E-state index in [1.807, 2.05) is 49.5 Å². The van der Waals surface area contributed by atoms with Crippen molar-refractivity contribution in [1.29, 1.82) is 0 Å². The molecule has 0 saturated carbocycles. The molecule has 2 aromatic rings. The van der Waals surface area contributed by atoms with Crippen LogP contribution < -0.4 is 10.6 Å². The number of rotatable bonds is 5. The van der Waals surface area contributed by atoms with E-state index in [4.69, 9.17) is 23.2 Å². The van der Waals surface area contributed by atoms with Crippen LogP contribution in [0.25, 0.3) is 0 Å². The van der Waals surface area contributed by atoms with E-state index in [9.17, 15) is 4.79 Å². The molecule has 0 saturated heterocycles. The molecule has 2 aromatic carbocycles. The summed E-state index contributed by atoms with van der Waals surface area (Å²) in [5, 5.41) is 6.17. The summed E-state index contributed by atoms with van der Waals surface area (Å²) in [6, 6.07) is 14.6. The van der Waals surface area contributed by atoms with Crippen LogP contribution in [0.15, 0.2) is 48.5 Å². The molecule has 2 rings (SSSR count). The van der Waals surface area contributed by atoms with Crippen LogP contribution in [0.3, 0.4) is 0 Å². The summed E-state index contributed by atoms with van der Waals surface area (Å²) < 4.78 is 0. The molecule has 1 amide bonds. The molecule has 0 spiro atoms. The highest BCUT2D eigenvalue weighted by atomic mass is 35.5. The Labute approximate surface area is 140 Å². The van der Waals surface area contributed by atoms with E-state index in [-0.39, 0.29) is 18.0 Å². The van der Waals surface area contributed by atoms with Gasteiger partial charge in [0.1, 0.15) is 6.04 Å². The van der Waals surface area contributed by atoms with Crippen LogP contribution in [0, 0.1) is 0 Å². The Balaban J connectivity index is 1.98. The third-order valence-corrected chi connectivity index (χ3v) is 4.06. The largest absolute Gasteiger partial charge is 0.330 e. The number of anilines is 1. The Morgan fingerprint density at radius 1 is 1.09 bits per heavy atom. The quantitative estimate of drug-likeness (QED) is 0.859. The molecule has 0 aromatic heterocycles. The summed E-state index contributed by atoms with van der Waals surface area (Å²) in [4.78, 5) is 12.3. The Morgan fingerprint density at radius 2 is 1.82 bits per heavy atom. The van der Waals surface area contributed by atoms with Gasteiger partial charge in [0.05, 0.1) is 0 Å². The lowest BCUT2D eigenvalue weighted by atomic mass is 10.1. The second-order valence-electron chi connectivity index (χ2n) is 5.29. The third kappa shape index (κ3) is 4.47. The summed E-state index contributed by atoms with van der Waals surface area (Å²) in [5.74, 6) is -0.0684. The fraction of sp³-hybridized carbons (Fsp3) is 0.235. The van der Waals surface area contributed by atoms with Crippen LogP contribution in [0.4, 0.5) is 5.69 Å². The zero-order valence-electron chi connectivity index (χ0n) is 12.5. The molecule has 0 fully saturated rings. The minimum atomic E-state index is -0.245. The molecular weight excluding hydrogens is 319 g/mol. The topological polar surface area (TPSA) is 45.7 Å². The Kier molecular flexibility index (Phi) is 5.83. The minimum Gasteiger partial charge on any atom is -0.330 e. The summed E-state index contributed by atoms with van der Waals surface area (Å²) in [5.41, 5.74) is 1.72. The number of quaternary nitrogens is 1. The van der Waals surface area contributed by atoms with E-state index in [2.05, 4.69) is 5.32 Å². The molecule has 5 heteroatoms. The molecule has 3 N–H and O–H groups in total. The number of nitrogens with two attached hydrogens (primary N) is 1. The van der Waals surface area contributed by atoms with Crippen LogP contribution in [-0.2, 0) is 4.79 Å². The van der Waals surface area contributed by atoms with Gasteiger partial charge in [0, 0.05) is 21.3 Å². The van der Waals surface area contributed by atoms with Crippen LogP contribution in [0.1, 0.15) is 25.5 Å². The fourth-order valence-electron chi connectivity index (χ4n) is 2.29. The molecule has 0 aliphatic carbocycles. The zero-order chi connectivity index (χ0) is 16.1. The van der Waals surface area contributed by atoms with Gasteiger partial charge in [-0.1, -0.05) is 47.5 Å². The highest BCUT2D eigenvalue weighted by molar-refractivity contribution is 6.31. The number of hydrogen-bond donors (Lipinski definition) is 2. The average Bonchev–Trinajstić information content (AvgIpc) is 2.47. The first kappa shape index (κ1) is 16.8. The Bertz CT molecular complexity index is 661. The zero-order valence-corrected chi connectivity index (χ0v) is 14.0. The second-order valence-corrected chi connectivity index (χ2v) is 6.13. The van der Waals surface area contributed by atoms with Gasteiger partial charge in [-0.15, -0.1) is 0 Å². The maximum Gasteiger partial charge on any atom is 0.282 e. The number of nitrogens with one attached hydrogen (secondary N) is 1. The summed E-state index contributed by atoms with van der Waals surface area (Å²) >= 11 is 12.1. The lowest BCUT2D eigenvalue weighted by Gasteiger charge is -2.17. The van der Waals surface area contributed by atoms with Crippen LogP contribution >= 0.6 is 23.2 Å². The van der Waals surface area contributed by atoms with Gasteiger partial charge in [-0.25, -0.2) is 0 Å². The number of amides is 1. The number of benzene rings is 2. The molecule has 0 heterocycles. The monoisotopic (exact) mass is 337 g/mol. The van der Waals surface area contributed by atoms with Gasteiger partial charge in [0.2, 0.25) is 0 Å². The number of hydrogen-bond acceptors (Lipinski definition) is 1. The summed E-state index contributed by atoms with van der Waals surface area (Å²) in [6.45, 7) is 3.90. The first-order valence-electron chi connectivity index (χ1n) is 7.13. The van der Waals surface area contributed by atoms with Crippen molar-refractivity contribution in [2.75, 3.05) is 5.32 Å². The van der Waals surface area contributed by atoms with Crippen LogP contribution in [0.2, 0.25) is 10.0 Å². The molecule has 0 aliphatic heterocycles. The number of carbonyl (C=O) groups is 1. The van der Waals surface area contributed by atoms with Crippen molar-refractivity contribution in [2.24, 2.45) is 0 Å². The van der Waals surface area contributed by atoms with Crippen molar-refractivity contribution < 1.29 is 10.1 Å². The highest BCUT2D eigenvalue weighted by Crippen LogP contribution is 2.20. The van der Waals surface area contributed by atoms with Crippen molar-refractivity contribution in [3.8, 4) is 0 Å². The average molecular weight is 338 g/mol. The lowest BCUT2D eigenvalue weighted by Crippen LogP contribution is -2.91. The summed E-state index contributed by atoms with van der Waals surface area (Å²) in [7, 11) is 0. The van der Waals surface area contributed by atoms with Crippen molar-refractivity contribution in [3.05, 3.63) is 64.1 Å². The van der Waals surface area contributed by atoms with Gasteiger partial charge in [-0.2, -0.15) is 0 Å². The first-order chi connectivity index (χ1) is 10.5. The van der Waals surface area contributed by atoms with Gasteiger partial charge in [-0.05, 0) is 38.1 Å². The predicted molar refractivity (Wildman–Crippen MR) is 91.3 cm³/mol. The Morgan fingerprint density at radius 3 is 2.50 bits per heavy atom. The van der Waals surface area contributed by atoms with E-state index < -0.39 is 0 Å². The van der Waals surface area contributed by atoms with Crippen molar-refractivity contribution in [2.45, 2.75) is 25.9 Å². The van der Waals surface area contributed by atoms with Gasteiger partial charge in [0.15, 0.2) is 6.04 Å². The second kappa shape index (κ2) is 7.63. The van der Waals surface area contributed by atoms with Crippen molar-refractivity contribution >= 4 is 34.8 Å². The third-order valence-electron chi connectivity index (χ3n) is 3.48. The molecule has 0 unspecified atom stereocenters. The molecule has 0 radical (unpaired) electrons. The molecule has 0 bridgehead atoms. The van der Waals surface area contributed by atoms with Crippen molar-refractivity contribution in [1.82, 2.24) is 0 Å². The van der Waals surface area contributed by atoms with E-state index in [1.54, 1.807) is 18.2 Å². The highest BCUT2D eigenvalue weighted by Gasteiger charge is 2.21. The number of halogens is 2. The molecular formula is C17H19Cl2N2O+. The first-order valence-corrected chi connectivity index (χ1v) is 7.89. The van der Waals surface area contributed by atoms with E-state index >= 15 is 0 Å². The van der Waals surface area contributed by atoms with Gasteiger partial charge < -0.3 is 10.6 Å². The predicted octanol–water partition coefficient (Wildman–Crippen LogP) is 3.65. The molecule has 0 aliphatic rings. The maximum absolute atomic E-state index is 12.3. The van der Waals surface area contributed by atoms with E-state index in [0.717, 1.165) is 5.56 Å². The Hall–Kier alpha value is -1.55. The van der Waals surface area contributed by atoms with Gasteiger partial charge >= 0.3 is 0 Å².